The Hall–Kier alpha value is -1.41. The molecule has 1 aliphatic rings. The molecule has 0 bridgehead atoms. The van der Waals surface area contributed by atoms with Gasteiger partial charge in [0.05, 0.1) is 0 Å². The number of aromatic amines is 1. The highest BCUT2D eigenvalue weighted by molar-refractivity contribution is 7.71. The highest BCUT2D eigenvalue weighted by atomic mass is 32.1. The third-order valence-corrected chi connectivity index (χ3v) is 2.37. The largest absolute Gasteiger partial charge is 0.346 e. The summed E-state index contributed by atoms with van der Waals surface area (Å²) in [7, 11) is 0. The number of hydrogen-bond acceptors (Lipinski definition) is 1. The summed E-state index contributed by atoms with van der Waals surface area (Å²) in [5.74, 6) is 0.495. The number of rotatable bonds is 0. The fourth-order valence-corrected chi connectivity index (χ4v) is 1.53. The van der Waals surface area contributed by atoms with Crippen molar-refractivity contribution in [3.63, 3.8) is 0 Å². The number of H-pyrrole nitrogens is 1. The van der Waals surface area contributed by atoms with Crippen LogP contribution in [0.2, 0.25) is 0 Å². The van der Waals surface area contributed by atoms with Crippen LogP contribution in [0.1, 0.15) is 18.2 Å². The van der Waals surface area contributed by atoms with Crippen molar-refractivity contribution in [1.29, 1.82) is 0 Å². The van der Waals surface area contributed by atoms with E-state index in [1.54, 1.807) is 0 Å². The molecule has 0 spiro atoms. The summed E-state index contributed by atoms with van der Waals surface area (Å²) in [6.45, 7) is 8.16. The molecule has 1 atom stereocenters. The minimum absolute atomic E-state index is 0.495. The van der Waals surface area contributed by atoms with Crippen LogP contribution in [0.25, 0.3) is 12.2 Å². The lowest BCUT2D eigenvalue weighted by Gasteiger charge is -1.98. The molecule has 1 aromatic rings. The van der Waals surface area contributed by atoms with E-state index in [9.17, 15) is 0 Å². The molecule has 0 saturated carbocycles. The molecule has 0 amide bonds. The molecule has 1 N–H and O–H groups in total. The highest BCUT2D eigenvalue weighted by Crippen LogP contribution is 2.17. The van der Waals surface area contributed by atoms with E-state index in [0.29, 0.717) is 5.92 Å². The molecule has 1 heterocycles. The highest BCUT2D eigenvalue weighted by Gasteiger charge is 2.01. The van der Waals surface area contributed by atoms with E-state index in [-0.39, 0.29) is 0 Å². The lowest BCUT2D eigenvalue weighted by Crippen LogP contribution is -1.85. The summed E-state index contributed by atoms with van der Waals surface area (Å²) in [5.41, 5.74) is 2.31. The van der Waals surface area contributed by atoms with Crippen molar-refractivity contribution < 1.29 is 0 Å². The number of aromatic nitrogens is 1. The molecular formula is C13H15NS. The summed E-state index contributed by atoms with van der Waals surface area (Å²) < 4.78 is 0.784. The van der Waals surface area contributed by atoms with Crippen LogP contribution in [-0.4, -0.2) is 4.98 Å². The first kappa shape index (κ1) is 11.7. The zero-order chi connectivity index (χ0) is 11.3. The van der Waals surface area contributed by atoms with Crippen LogP contribution in [0.5, 0.6) is 0 Å². The van der Waals surface area contributed by atoms with Gasteiger partial charge < -0.3 is 4.98 Å². The summed E-state index contributed by atoms with van der Waals surface area (Å²) in [6, 6.07) is 3.97. The van der Waals surface area contributed by atoms with Crippen LogP contribution >= 0.6 is 12.2 Å². The minimum Gasteiger partial charge on any atom is -0.346 e. The molecule has 2 heteroatoms. The number of nitrogens with one attached hydrogen (secondary N) is 1. The van der Waals surface area contributed by atoms with Crippen LogP contribution in [0.3, 0.4) is 0 Å². The standard InChI is InChI=1S/C11H11NS.C2H4/c1-8-2-4-9-5-7-11(13)12-10(9)6-3-8;1-2/h2-8H,1H3,(H,12,13);1-2H2. The van der Waals surface area contributed by atoms with Crippen molar-refractivity contribution in [2.75, 3.05) is 0 Å². The van der Waals surface area contributed by atoms with Crippen LogP contribution in [0.4, 0.5) is 0 Å². The molecule has 78 valence electrons. The van der Waals surface area contributed by atoms with E-state index < -0.39 is 0 Å². The predicted molar refractivity (Wildman–Crippen MR) is 70.1 cm³/mol. The van der Waals surface area contributed by atoms with Crippen LogP contribution in [0, 0.1) is 10.6 Å². The molecular weight excluding hydrogens is 202 g/mol. The van der Waals surface area contributed by atoms with Crippen LogP contribution in [0.15, 0.2) is 37.4 Å². The maximum atomic E-state index is 5.06. The predicted octanol–water partition coefficient (Wildman–Crippen LogP) is 4.22. The summed E-state index contributed by atoms with van der Waals surface area (Å²) in [4.78, 5) is 3.17. The zero-order valence-corrected chi connectivity index (χ0v) is 9.68. The Kier molecular flexibility index (Phi) is 4.25. The van der Waals surface area contributed by atoms with Gasteiger partial charge in [-0.2, -0.15) is 0 Å². The van der Waals surface area contributed by atoms with Gasteiger partial charge in [-0.05, 0) is 29.7 Å². The molecule has 0 aliphatic heterocycles. The number of pyridine rings is 1. The van der Waals surface area contributed by atoms with Gasteiger partial charge in [-0.1, -0.05) is 37.4 Å². The van der Waals surface area contributed by atoms with Crippen LogP contribution in [-0.2, 0) is 0 Å². The van der Waals surface area contributed by atoms with E-state index in [1.165, 1.54) is 5.56 Å². The third kappa shape index (κ3) is 3.03. The third-order valence-electron chi connectivity index (χ3n) is 2.13. The molecule has 0 aromatic carbocycles. The molecule has 1 aliphatic carbocycles. The Morgan fingerprint density at radius 1 is 1.20 bits per heavy atom. The first-order valence-electron chi connectivity index (χ1n) is 4.85. The molecule has 0 radical (unpaired) electrons. The van der Waals surface area contributed by atoms with Gasteiger partial charge in [-0.15, -0.1) is 13.2 Å². The topological polar surface area (TPSA) is 15.8 Å². The smallest absolute Gasteiger partial charge is 0.103 e. The minimum atomic E-state index is 0.495. The average molecular weight is 217 g/mol. The second kappa shape index (κ2) is 5.47. The quantitative estimate of drug-likeness (QED) is 0.508. The zero-order valence-electron chi connectivity index (χ0n) is 8.86. The maximum Gasteiger partial charge on any atom is 0.103 e. The molecule has 1 aromatic heterocycles. The molecule has 1 nitrogen and oxygen atoms in total. The summed E-state index contributed by atoms with van der Waals surface area (Å²) >= 11 is 5.06. The molecule has 15 heavy (non-hydrogen) atoms. The average Bonchev–Trinajstić information content (AvgIpc) is 2.44. The van der Waals surface area contributed by atoms with Gasteiger partial charge in [0.1, 0.15) is 4.64 Å². The lowest BCUT2D eigenvalue weighted by molar-refractivity contribution is 0.953. The number of hydrogen-bond donors (Lipinski definition) is 1. The van der Waals surface area contributed by atoms with Gasteiger partial charge in [0.25, 0.3) is 0 Å². The fourth-order valence-electron chi connectivity index (χ4n) is 1.35. The van der Waals surface area contributed by atoms with Gasteiger partial charge in [0.2, 0.25) is 0 Å². The fraction of sp³-hybridized carbons (Fsp3) is 0.154. The van der Waals surface area contributed by atoms with Gasteiger partial charge in [0.15, 0.2) is 0 Å². The van der Waals surface area contributed by atoms with Gasteiger partial charge in [-0.25, -0.2) is 0 Å². The summed E-state index contributed by atoms with van der Waals surface area (Å²) in [5, 5.41) is 0. The van der Waals surface area contributed by atoms with E-state index in [0.717, 1.165) is 10.3 Å². The SMILES string of the molecule is C=C.CC1C=Cc2ccc(=S)[nH]c2C=C1. The Morgan fingerprint density at radius 2 is 1.87 bits per heavy atom. The van der Waals surface area contributed by atoms with Crippen molar-refractivity contribution in [2.24, 2.45) is 5.92 Å². The monoisotopic (exact) mass is 217 g/mol. The van der Waals surface area contributed by atoms with E-state index in [1.807, 2.05) is 12.1 Å². The first-order valence-corrected chi connectivity index (χ1v) is 5.26. The number of fused-ring (bicyclic) bond motifs is 1. The maximum absolute atomic E-state index is 5.06. The van der Waals surface area contributed by atoms with E-state index in [2.05, 4.69) is 49.4 Å². The Bertz CT molecular complexity index is 440. The van der Waals surface area contributed by atoms with Crippen molar-refractivity contribution in [3.8, 4) is 0 Å². The van der Waals surface area contributed by atoms with Crippen molar-refractivity contribution in [3.05, 3.63) is 53.3 Å². The first-order chi connectivity index (χ1) is 7.25. The normalized spacial score (nSPS) is 17.3. The number of allylic oxidation sites excluding steroid dienone is 2. The second-order valence-electron chi connectivity index (χ2n) is 3.27. The molecule has 1 unspecified atom stereocenters. The van der Waals surface area contributed by atoms with E-state index >= 15 is 0 Å². The van der Waals surface area contributed by atoms with Gasteiger partial charge in [-0.3, -0.25) is 0 Å². The van der Waals surface area contributed by atoms with Crippen molar-refractivity contribution in [1.82, 2.24) is 4.98 Å². The Labute approximate surface area is 95.9 Å². The van der Waals surface area contributed by atoms with Crippen molar-refractivity contribution >= 4 is 24.4 Å². The lowest BCUT2D eigenvalue weighted by atomic mass is 10.1. The second-order valence-corrected chi connectivity index (χ2v) is 3.71. The van der Waals surface area contributed by atoms with Crippen LogP contribution < -0.4 is 0 Å². The molecule has 2 rings (SSSR count). The molecule has 0 fully saturated rings. The van der Waals surface area contributed by atoms with E-state index in [4.69, 9.17) is 12.2 Å². The Balaban J connectivity index is 0.000000531. The van der Waals surface area contributed by atoms with Crippen molar-refractivity contribution in [2.45, 2.75) is 6.92 Å². The molecule has 0 saturated heterocycles. The van der Waals surface area contributed by atoms with Gasteiger partial charge in [0, 0.05) is 5.69 Å². The Morgan fingerprint density at radius 3 is 2.60 bits per heavy atom. The van der Waals surface area contributed by atoms with Gasteiger partial charge >= 0.3 is 0 Å². The summed E-state index contributed by atoms with van der Waals surface area (Å²) in [6.07, 6.45) is 8.56.